The van der Waals surface area contributed by atoms with Gasteiger partial charge in [0.25, 0.3) is 0 Å². The van der Waals surface area contributed by atoms with Crippen LogP contribution in [0.5, 0.6) is 0 Å². The van der Waals surface area contributed by atoms with Gasteiger partial charge in [0.1, 0.15) is 11.6 Å². The quantitative estimate of drug-likeness (QED) is 0.929. The second kappa shape index (κ2) is 6.69. The molecule has 0 aliphatic carbocycles. The summed E-state index contributed by atoms with van der Waals surface area (Å²) in [6.07, 6.45) is 0.844. The van der Waals surface area contributed by atoms with E-state index in [1.807, 2.05) is 24.3 Å². The van der Waals surface area contributed by atoms with Gasteiger partial charge in [0, 0.05) is 29.9 Å². The van der Waals surface area contributed by atoms with E-state index in [-0.39, 0.29) is 5.91 Å². The number of hydrogen-bond donors (Lipinski definition) is 1. The molecule has 0 bridgehead atoms. The fraction of sp³-hybridized carbons (Fsp3) is 0.316. The number of para-hydroxylation sites is 1. The summed E-state index contributed by atoms with van der Waals surface area (Å²) in [4.78, 5) is 14.5. The summed E-state index contributed by atoms with van der Waals surface area (Å²) < 4.78 is 26.9. The van der Waals surface area contributed by atoms with Gasteiger partial charge < -0.3 is 4.90 Å². The zero-order valence-electron chi connectivity index (χ0n) is 13.7. The maximum atomic E-state index is 13.9. The molecule has 2 aromatic rings. The Balaban J connectivity index is 1.71. The van der Waals surface area contributed by atoms with Gasteiger partial charge in [-0.2, -0.15) is 0 Å². The van der Waals surface area contributed by atoms with E-state index in [4.69, 9.17) is 0 Å². The van der Waals surface area contributed by atoms with E-state index in [2.05, 4.69) is 5.32 Å². The third-order valence-electron chi connectivity index (χ3n) is 4.45. The smallest absolute Gasteiger partial charge is 0.243 e. The van der Waals surface area contributed by atoms with Crippen LogP contribution in [0.4, 0.5) is 14.5 Å². The molecular weight excluding hydrogens is 310 g/mol. The highest BCUT2D eigenvalue weighted by Gasteiger charge is 2.28. The van der Waals surface area contributed by atoms with Crippen molar-refractivity contribution in [1.82, 2.24) is 5.32 Å². The maximum Gasteiger partial charge on any atom is 0.243 e. The van der Waals surface area contributed by atoms with Gasteiger partial charge >= 0.3 is 0 Å². The molecule has 0 unspecified atom stereocenters. The van der Waals surface area contributed by atoms with Crippen molar-refractivity contribution in [2.45, 2.75) is 32.4 Å². The van der Waals surface area contributed by atoms with Gasteiger partial charge in [-0.15, -0.1) is 0 Å². The number of nitrogens with zero attached hydrogens (tertiary/aromatic N) is 1. The molecule has 1 aliphatic heterocycles. The first-order chi connectivity index (χ1) is 11.5. The standard InChI is InChI=1S/C19H20F2N2O/c1-12(16-8-7-15(20)11-17(16)21)22-13(2)19(24)23-10-9-14-5-3-4-6-18(14)23/h3-8,11-13,22H,9-10H2,1-2H3/t12-,13+/m0/s1. The molecule has 3 rings (SSSR count). The van der Waals surface area contributed by atoms with E-state index < -0.39 is 23.7 Å². The van der Waals surface area contributed by atoms with Crippen LogP contribution in [0.15, 0.2) is 42.5 Å². The van der Waals surface area contributed by atoms with Gasteiger partial charge in [-0.05, 0) is 38.0 Å². The molecule has 1 N–H and O–H groups in total. The number of benzene rings is 2. The maximum absolute atomic E-state index is 13.9. The molecule has 0 saturated carbocycles. The normalized spacial score (nSPS) is 15.9. The molecule has 2 atom stereocenters. The van der Waals surface area contributed by atoms with Crippen LogP contribution in [0.3, 0.4) is 0 Å². The minimum absolute atomic E-state index is 0.0469. The van der Waals surface area contributed by atoms with E-state index in [0.29, 0.717) is 12.1 Å². The summed E-state index contributed by atoms with van der Waals surface area (Å²) in [6.45, 7) is 4.18. The second-order valence-corrected chi connectivity index (χ2v) is 6.14. The lowest BCUT2D eigenvalue weighted by Gasteiger charge is -2.25. The molecule has 5 heteroatoms. The summed E-state index contributed by atoms with van der Waals surface area (Å²) >= 11 is 0. The number of nitrogens with one attached hydrogen (secondary N) is 1. The van der Waals surface area contributed by atoms with Gasteiger partial charge in [-0.1, -0.05) is 24.3 Å². The minimum Gasteiger partial charge on any atom is -0.310 e. The molecule has 3 nitrogen and oxygen atoms in total. The molecule has 0 aromatic heterocycles. The highest BCUT2D eigenvalue weighted by Crippen LogP contribution is 2.28. The molecule has 1 heterocycles. The number of fused-ring (bicyclic) bond motifs is 1. The summed E-state index contributed by atoms with van der Waals surface area (Å²) in [5, 5.41) is 3.11. The lowest BCUT2D eigenvalue weighted by Crippen LogP contribution is -2.45. The van der Waals surface area contributed by atoms with Crippen LogP contribution < -0.4 is 10.2 Å². The number of carbonyl (C=O) groups excluding carboxylic acids is 1. The van der Waals surface area contributed by atoms with Crippen molar-refractivity contribution in [2.24, 2.45) is 0 Å². The summed E-state index contributed by atoms with van der Waals surface area (Å²) in [7, 11) is 0. The Morgan fingerprint density at radius 1 is 1.17 bits per heavy atom. The Bertz CT molecular complexity index is 763. The molecular formula is C19H20F2N2O. The number of halogens is 2. The molecule has 0 spiro atoms. The summed E-state index contributed by atoms with van der Waals surface area (Å²) in [5.74, 6) is -1.27. The number of amides is 1. The minimum atomic E-state index is -0.610. The van der Waals surface area contributed by atoms with Crippen LogP contribution in [-0.4, -0.2) is 18.5 Å². The lowest BCUT2D eigenvalue weighted by molar-refractivity contribution is -0.120. The van der Waals surface area contributed by atoms with Gasteiger partial charge in [0.05, 0.1) is 6.04 Å². The molecule has 24 heavy (non-hydrogen) atoms. The Morgan fingerprint density at radius 3 is 2.67 bits per heavy atom. The van der Waals surface area contributed by atoms with E-state index in [9.17, 15) is 13.6 Å². The fourth-order valence-electron chi connectivity index (χ4n) is 3.19. The first kappa shape index (κ1) is 16.6. The fourth-order valence-corrected chi connectivity index (χ4v) is 3.19. The first-order valence-corrected chi connectivity index (χ1v) is 8.07. The van der Waals surface area contributed by atoms with Crippen molar-refractivity contribution in [3.8, 4) is 0 Å². The third kappa shape index (κ3) is 3.17. The molecule has 0 saturated heterocycles. The van der Waals surface area contributed by atoms with Crippen LogP contribution >= 0.6 is 0 Å². The van der Waals surface area contributed by atoms with E-state index in [1.54, 1.807) is 18.7 Å². The second-order valence-electron chi connectivity index (χ2n) is 6.14. The highest BCUT2D eigenvalue weighted by molar-refractivity contribution is 5.98. The molecule has 2 aromatic carbocycles. The van der Waals surface area contributed by atoms with Crippen molar-refractivity contribution in [3.05, 3.63) is 65.2 Å². The number of rotatable bonds is 4. The Labute approximate surface area is 140 Å². The van der Waals surface area contributed by atoms with Crippen LogP contribution in [-0.2, 0) is 11.2 Å². The zero-order valence-corrected chi connectivity index (χ0v) is 13.7. The van der Waals surface area contributed by atoms with E-state index in [1.165, 1.54) is 12.1 Å². The van der Waals surface area contributed by atoms with Gasteiger partial charge in [-0.25, -0.2) is 8.78 Å². The zero-order chi connectivity index (χ0) is 17.3. The number of carbonyl (C=O) groups is 1. The SMILES string of the molecule is C[C@H](N[C@H](C)C(=O)N1CCc2ccccc21)c1ccc(F)cc1F. The Hall–Kier alpha value is -2.27. The number of hydrogen-bond acceptors (Lipinski definition) is 2. The third-order valence-corrected chi connectivity index (χ3v) is 4.45. The Kier molecular flexibility index (Phi) is 4.62. The topological polar surface area (TPSA) is 32.3 Å². The van der Waals surface area contributed by atoms with Crippen molar-refractivity contribution >= 4 is 11.6 Å². The monoisotopic (exact) mass is 330 g/mol. The highest BCUT2D eigenvalue weighted by atomic mass is 19.1. The van der Waals surface area contributed by atoms with E-state index in [0.717, 1.165) is 23.7 Å². The Morgan fingerprint density at radius 2 is 1.92 bits per heavy atom. The van der Waals surface area contributed by atoms with Crippen molar-refractivity contribution in [2.75, 3.05) is 11.4 Å². The average molecular weight is 330 g/mol. The lowest BCUT2D eigenvalue weighted by atomic mass is 10.1. The largest absolute Gasteiger partial charge is 0.310 e. The molecule has 1 amide bonds. The number of anilines is 1. The van der Waals surface area contributed by atoms with Crippen molar-refractivity contribution < 1.29 is 13.6 Å². The summed E-state index contributed by atoms with van der Waals surface area (Å²) in [6, 6.07) is 10.5. The van der Waals surface area contributed by atoms with Crippen molar-refractivity contribution in [3.63, 3.8) is 0 Å². The predicted octanol–water partition coefficient (Wildman–Crippen LogP) is 3.59. The van der Waals surface area contributed by atoms with Crippen LogP contribution in [0.1, 0.15) is 31.0 Å². The van der Waals surface area contributed by atoms with Crippen molar-refractivity contribution in [1.29, 1.82) is 0 Å². The van der Waals surface area contributed by atoms with E-state index >= 15 is 0 Å². The summed E-state index contributed by atoms with van der Waals surface area (Å²) in [5.41, 5.74) is 2.45. The van der Waals surface area contributed by atoms with Gasteiger partial charge in [-0.3, -0.25) is 10.1 Å². The molecule has 0 fully saturated rings. The van der Waals surface area contributed by atoms with Crippen LogP contribution in [0, 0.1) is 11.6 Å². The van der Waals surface area contributed by atoms with Gasteiger partial charge in [0.15, 0.2) is 0 Å². The van der Waals surface area contributed by atoms with Crippen LogP contribution in [0.25, 0.3) is 0 Å². The predicted molar refractivity (Wildman–Crippen MR) is 89.9 cm³/mol. The average Bonchev–Trinajstić information content (AvgIpc) is 2.97. The molecule has 126 valence electrons. The van der Waals surface area contributed by atoms with Gasteiger partial charge in [0.2, 0.25) is 5.91 Å². The molecule has 1 aliphatic rings. The molecule has 0 radical (unpaired) electrons. The van der Waals surface area contributed by atoms with Crippen LogP contribution in [0.2, 0.25) is 0 Å². The first-order valence-electron chi connectivity index (χ1n) is 8.07.